The number of hydrogen-bond acceptors (Lipinski definition) is 4. The smallest absolute Gasteiger partial charge is 0.320 e. The zero-order valence-electron chi connectivity index (χ0n) is 15.1. The van der Waals surface area contributed by atoms with Crippen molar-refractivity contribution in [2.24, 2.45) is 5.92 Å². The van der Waals surface area contributed by atoms with E-state index in [1.165, 1.54) is 0 Å². The number of morpholine rings is 1. The number of nitrogens with zero attached hydrogens (tertiary/aromatic N) is 2. The zero-order chi connectivity index (χ0) is 18.8. The normalized spacial score (nSPS) is 27.9. The molecule has 1 aromatic carbocycles. The molecule has 3 amide bonds. The Morgan fingerprint density at radius 2 is 2.07 bits per heavy atom. The molecule has 3 aliphatic heterocycles. The Kier molecular flexibility index (Phi) is 5.41. The van der Waals surface area contributed by atoms with Gasteiger partial charge in [-0.05, 0) is 31.0 Å². The van der Waals surface area contributed by atoms with Gasteiger partial charge >= 0.3 is 6.03 Å². The standard InChI is InChI=1S/C19H24ClN3O4/c20-14-2-1-3-15(8-14)26-11-13-4-6-22(9-13)19(25)23-7-5-17-16(10-23)21-18(24)12-27-17/h1-3,8,13,16-17H,4-7,9-12H2,(H,21,24). The maximum Gasteiger partial charge on any atom is 0.320 e. The lowest BCUT2D eigenvalue weighted by Crippen LogP contribution is -2.62. The molecule has 0 spiro atoms. The first kappa shape index (κ1) is 18.4. The summed E-state index contributed by atoms with van der Waals surface area (Å²) in [5.74, 6) is 0.954. The van der Waals surface area contributed by atoms with Crippen LogP contribution in [0.25, 0.3) is 0 Å². The fourth-order valence-corrected chi connectivity index (χ4v) is 4.17. The van der Waals surface area contributed by atoms with Gasteiger partial charge in [0.05, 0.1) is 18.8 Å². The van der Waals surface area contributed by atoms with Gasteiger partial charge in [0, 0.05) is 37.1 Å². The highest BCUT2D eigenvalue weighted by atomic mass is 35.5. The first-order valence-electron chi connectivity index (χ1n) is 9.41. The average Bonchev–Trinajstić information content (AvgIpc) is 3.14. The molecule has 3 atom stereocenters. The third-order valence-corrected chi connectivity index (χ3v) is 5.67. The van der Waals surface area contributed by atoms with E-state index in [-0.39, 0.29) is 30.7 Å². The van der Waals surface area contributed by atoms with E-state index in [2.05, 4.69) is 5.32 Å². The number of amides is 3. The Hall–Kier alpha value is -1.99. The SMILES string of the molecule is O=C1COC2CCN(C(=O)N3CCC(COc4cccc(Cl)c4)C3)CC2N1. The molecule has 3 saturated heterocycles. The molecule has 146 valence electrons. The van der Waals surface area contributed by atoms with Gasteiger partial charge in [-0.2, -0.15) is 0 Å². The molecule has 8 heteroatoms. The lowest BCUT2D eigenvalue weighted by molar-refractivity contribution is -0.139. The van der Waals surface area contributed by atoms with Crippen molar-refractivity contribution in [2.45, 2.75) is 25.0 Å². The molecule has 7 nitrogen and oxygen atoms in total. The van der Waals surface area contributed by atoms with Crippen molar-refractivity contribution in [3.8, 4) is 5.75 Å². The second-order valence-electron chi connectivity index (χ2n) is 7.41. The van der Waals surface area contributed by atoms with Crippen LogP contribution < -0.4 is 10.1 Å². The molecule has 0 aliphatic carbocycles. The van der Waals surface area contributed by atoms with Crippen LogP contribution in [0.5, 0.6) is 5.75 Å². The van der Waals surface area contributed by atoms with Gasteiger partial charge in [-0.25, -0.2) is 4.79 Å². The van der Waals surface area contributed by atoms with Crippen molar-refractivity contribution in [3.63, 3.8) is 0 Å². The second kappa shape index (κ2) is 7.94. The number of carbonyl (C=O) groups excluding carboxylic acids is 2. The maximum absolute atomic E-state index is 12.9. The molecule has 3 unspecified atom stereocenters. The Bertz CT molecular complexity index is 716. The van der Waals surface area contributed by atoms with E-state index >= 15 is 0 Å². The Labute approximate surface area is 163 Å². The summed E-state index contributed by atoms with van der Waals surface area (Å²) in [5.41, 5.74) is 0. The lowest BCUT2D eigenvalue weighted by Gasteiger charge is -2.42. The van der Waals surface area contributed by atoms with Gasteiger partial charge < -0.3 is 24.6 Å². The number of urea groups is 1. The number of rotatable bonds is 3. The molecule has 1 N–H and O–H groups in total. The van der Waals surface area contributed by atoms with Crippen LogP contribution in [0.4, 0.5) is 4.79 Å². The fourth-order valence-electron chi connectivity index (χ4n) is 3.99. The first-order valence-corrected chi connectivity index (χ1v) is 9.79. The minimum Gasteiger partial charge on any atom is -0.493 e. The van der Waals surface area contributed by atoms with E-state index in [0.717, 1.165) is 25.1 Å². The molecule has 0 bridgehead atoms. The number of benzene rings is 1. The van der Waals surface area contributed by atoms with E-state index in [4.69, 9.17) is 21.1 Å². The Morgan fingerprint density at radius 1 is 1.26 bits per heavy atom. The summed E-state index contributed by atoms with van der Waals surface area (Å²) in [6.45, 7) is 3.28. The minimum atomic E-state index is -0.107. The van der Waals surface area contributed by atoms with Crippen LogP contribution >= 0.6 is 11.6 Å². The van der Waals surface area contributed by atoms with E-state index in [1.807, 2.05) is 28.0 Å². The predicted octanol–water partition coefficient (Wildman–Crippen LogP) is 1.75. The zero-order valence-corrected chi connectivity index (χ0v) is 15.9. The van der Waals surface area contributed by atoms with Crippen LogP contribution in [0, 0.1) is 5.92 Å². The van der Waals surface area contributed by atoms with Crippen molar-refractivity contribution in [3.05, 3.63) is 29.3 Å². The summed E-state index contributed by atoms with van der Waals surface area (Å²) in [6.07, 6.45) is 1.70. The van der Waals surface area contributed by atoms with Gasteiger partial charge in [-0.3, -0.25) is 4.79 Å². The maximum atomic E-state index is 12.9. The van der Waals surface area contributed by atoms with E-state index < -0.39 is 0 Å². The molecule has 0 saturated carbocycles. The van der Waals surface area contributed by atoms with E-state index in [9.17, 15) is 9.59 Å². The van der Waals surface area contributed by atoms with Crippen molar-refractivity contribution in [2.75, 3.05) is 39.4 Å². The van der Waals surface area contributed by atoms with Crippen LogP contribution in [-0.4, -0.2) is 73.3 Å². The van der Waals surface area contributed by atoms with Crippen molar-refractivity contribution < 1.29 is 19.1 Å². The number of hydrogen-bond donors (Lipinski definition) is 1. The van der Waals surface area contributed by atoms with Gasteiger partial charge in [0.1, 0.15) is 12.4 Å². The first-order chi connectivity index (χ1) is 13.1. The molecular formula is C19H24ClN3O4. The molecule has 3 heterocycles. The minimum absolute atomic E-state index is 0.0178. The second-order valence-corrected chi connectivity index (χ2v) is 7.85. The van der Waals surface area contributed by atoms with Gasteiger partial charge in [0.25, 0.3) is 0 Å². The molecule has 0 radical (unpaired) electrons. The summed E-state index contributed by atoms with van der Waals surface area (Å²) in [6, 6.07) is 7.29. The quantitative estimate of drug-likeness (QED) is 0.849. The van der Waals surface area contributed by atoms with E-state index in [1.54, 1.807) is 6.07 Å². The van der Waals surface area contributed by atoms with Gasteiger partial charge in [-0.1, -0.05) is 17.7 Å². The fraction of sp³-hybridized carbons (Fsp3) is 0.579. The average molecular weight is 394 g/mol. The van der Waals surface area contributed by atoms with Gasteiger partial charge in [0.2, 0.25) is 5.91 Å². The number of likely N-dealkylation sites (tertiary alicyclic amines) is 2. The highest BCUT2D eigenvalue weighted by molar-refractivity contribution is 6.30. The molecule has 4 rings (SSSR count). The summed E-state index contributed by atoms with van der Waals surface area (Å²) in [7, 11) is 0. The van der Waals surface area contributed by atoms with Crippen molar-refractivity contribution in [1.82, 2.24) is 15.1 Å². The topological polar surface area (TPSA) is 71.1 Å². The van der Waals surface area contributed by atoms with Crippen molar-refractivity contribution >= 4 is 23.5 Å². The molecule has 3 aliphatic rings. The molecule has 0 aromatic heterocycles. The monoisotopic (exact) mass is 393 g/mol. The highest BCUT2D eigenvalue weighted by Gasteiger charge is 2.38. The van der Waals surface area contributed by atoms with E-state index in [0.29, 0.717) is 37.2 Å². The number of nitrogens with one attached hydrogen (secondary N) is 1. The predicted molar refractivity (Wildman–Crippen MR) is 99.9 cm³/mol. The largest absolute Gasteiger partial charge is 0.493 e. The summed E-state index contributed by atoms with van der Waals surface area (Å²) >= 11 is 5.98. The number of fused-ring (bicyclic) bond motifs is 1. The molecule has 1 aromatic rings. The third-order valence-electron chi connectivity index (χ3n) is 5.43. The van der Waals surface area contributed by atoms with Crippen molar-refractivity contribution in [1.29, 1.82) is 0 Å². The Balaban J connectivity index is 1.27. The van der Waals surface area contributed by atoms with Gasteiger partial charge in [-0.15, -0.1) is 0 Å². The summed E-state index contributed by atoms with van der Waals surface area (Å²) in [5, 5.41) is 3.59. The molecule has 3 fully saturated rings. The lowest BCUT2D eigenvalue weighted by atomic mass is 10.0. The van der Waals surface area contributed by atoms with Crippen LogP contribution in [0.3, 0.4) is 0 Å². The third kappa shape index (κ3) is 4.30. The highest BCUT2D eigenvalue weighted by Crippen LogP contribution is 2.24. The summed E-state index contributed by atoms with van der Waals surface area (Å²) in [4.78, 5) is 28.1. The van der Waals surface area contributed by atoms with Crippen LogP contribution in [0.15, 0.2) is 24.3 Å². The molecule has 27 heavy (non-hydrogen) atoms. The summed E-state index contributed by atoms with van der Waals surface area (Å²) < 4.78 is 11.4. The number of ether oxygens (including phenoxy) is 2. The van der Waals surface area contributed by atoms with Gasteiger partial charge in [0.15, 0.2) is 0 Å². The number of piperidine rings is 1. The van der Waals surface area contributed by atoms with Crippen LogP contribution in [0.1, 0.15) is 12.8 Å². The van der Waals surface area contributed by atoms with Crippen LogP contribution in [0.2, 0.25) is 5.02 Å². The van der Waals surface area contributed by atoms with Crippen LogP contribution in [-0.2, 0) is 9.53 Å². The molecular weight excluding hydrogens is 370 g/mol. The number of carbonyl (C=O) groups is 2. The Morgan fingerprint density at radius 3 is 2.93 bits per heavy atom. The number of halogens is 1.